The number of carbonyl (C=O) groups excluding carboxylic acids is 7. The van der Waals surface area contributed by atoms with Gasteiger partial charge in [-0.25, -0.2) is 9.59 Å². The minimum atomic E-state index is -1.34. The van der Waals surface area contributed by atoms with E-state index in [0.29, 0.717) is 16.5 Å². The molecular weight excluding hydrogens is 534 g/mol. The highest BCUT2D eigenvalue weighted by Crippen LogP contribution is 2.17. The van der Waals surface area contributed by atoms with E-state index < -0.39 is 53.9 Å². The lowest BCUT2D eigenvalue weighted by molar-refractivity contribution is -0.200. The smallest absolute Gasteiger partial charge is 0.343 e. The summed E-state index contributed by atoms with van der Waals surface area (Å²) in [4.78, 5) is 94.2. The van der Waals surface area contributed by atoms with E-state index in [0.717, 1.165) is 19.3 Å². The van der Waals surface area contributed by atoms with Crippen molar-refractivity contribution in [2.24, 2.45) is 0 Å². The molecule has 1 atom stereocenters. The molecule has 2 aliphatic heterocycles. The molecule has 0 aliphatic carbocycles. The maximum atomic E-state index is 12.7. The number of hydroxylamine groups is 4. The van der Waals surface area contributed by atoms with Crippen molar-refractivity contribution in [2.75, 3.05) is 0 Å². The summed E-state index contributed by atoms with van der Waals surface area (Å²) in [5.41, 5.74) is 0. The van der Waals surface area contributed by atoms with Crippen LogP contribution in [0, 0.1) is 0 Å². The molecule has 2 saturated heterocycles. The van der Waals surface area contributed by atoms with E-state index in [2.05, 4.69) is 12.2 Å². The Morgan fingerprint density at radius 2 is 1.05 bits per heavy atom. The molecule has 0 unspecified atom stereocenters. The molecule has 0 aromatic carbocycles. The van der Waals surface area contributed by atoms with Gasteiger partial charge in [0.15, 0.2) is 0 Å². The second-order valence-corrected chi connectivity index (χ2v) is 10.7. The molecule has 230 valence electrons. The molecule has 2 heterocycles. The molecule has 12 heteroatoms. The molecule has 5 amide bonds. The molecule has 0 spiro atoms. The first-order valence-electron chi connectivity index (χ1n) is 15.2. The van der Waals surface area contributed by atoms with Gasteiger partial charge in [-0.15, -0.1) is 10.1 Å². The zero-order chi connectivity index (χ0) is 30.0. The lowest BCUT2D eigenvalue weighted by Crippen LogP contribution is -2.45. The summed E-state index contributed by atoms with van der Waals surface area (Å²) in [6.45, 7) is 2.22. The van der Waals surface area contributed by atoms with Crippen LogP contribution in [0.2, 0.25) is 0 Å². The summed E-state index contributed by atoms with van der Waals surface area (Å²) >= 11 is 0. The van der Waals surface area contributed by atoms with Crippen LogP contribution in [0.25, 0.3) is 0 Å². The maximum absolute atomic E-state index is 12.7. The standard InChI is InChI=1S/C29H45N3O9/c1-2-3-4-5-6-7-8-9-10-11-12-13-14-15-23(33)30-22(29(39)41-32-26(36)19-20-27(32)37)16-21-28(38)40-31-24(34)17-18-25(31)35/h22H,2-21H2,1H3,(H,30,33)/t22-/m0/s1. The number of imide groups is 2. The lowest BCUT2D eigenvalue weighted by atomic mass is 10.0. The van der Waals surface area contributed by atoms with Crippen molar-refractivity contribution in [3.63, 3.8) is 0 Å². The van der Waals surface area contributed by atoms with Crippen molar-refractivity contribution in [1.29, 1.82) is 0 Å². The van der Waals surface area contributed by atoms with E-state index in [4.69, 9.17) is 9.68 Å². The van der Waals surface area contributed by atoms with E-state index >= 15 is 0 Å². The Balaban J connectivity index is 1.71. The Morgan fingerprint density at radius 3 is 1.51 bits per heavy atom. The SMILES string of the molecule is CCCCCCCCCCCCCCCC(=O)N[C@@H](CCC(=O)ON1C(=O)CCC1=O)C(=O)ON1C(=O)CCC1=O. The second kappa shape index (κ2) is 18.9. The highest BCUT2D eigenvalue weighted by atomic mass is 16.7. The van der Waals surface area contributed by atoms with Crippen LogP contribution in [0.3, 0.4) is 0 Å². The molecule has 0 aromatic heterocycles. The number of rotatable bonds is 21. The molecule has 2 fully saturated rings. The Kier molecular flexibility index (Phi) is 15.6. The topological polar surface area (TPSA) is 156 Å². The van der Waals surface area contributed by atoms with Crippen molar-refractivity contribution in [1.82, 2.24) is 15.4 Å². The summed E-state index contributed by atoms with van der Waals surface area (Å²) in [6, 6.07) is -1.34. The average molecular weight is 580 g/mol. The summed E-state index contributed by atoms with van der Waals surface area (Å²) in [5, 5.41) is 3.27. The van der Waals surface area contributed by atoms with Crippen LogP contribution < -0.4 is 5.32 Å². The van der Waals surface area contributed by atoms with Gasteiger partial charge in [-0.1, -0.05) is 84.0 Å². The fraction of sp³-hybridized carbons (Fsp3) is 0.759. The van der Waals surface area contributed by atoms with E-state index in [1.165, 1.54) is 57.8 Å². The Hall–Kier alpha value is -3.31. The first-order valence-corrected chi connectivity index (χ1v) is 15.2. The predicted molar refractivity (Wildman–Crippen MR) is 146 cm³/mol. The predicted octanol–water partition coefficient (Wildman–Crippen LogP) is 3.95. The maximum Gasteiger partial charge on any atom is 0.355 e. The van der Waals surface area contributed by atoms with Crippen LogP contribution in [-0.4, -0.2) is 57.6 Å². The zero-order valence-corrected chi connectivity index (χ0v) is 24.3. The van der Waals surface area contributed by atoms with Crippen LogP contribution in [-0.2, 0) is 43.2 Å². The molecule has 1 N–H and O–H groups in total. The molecular formula is C29H45N3O9. The first kappa shape index (κ1) is 33.9. The molecule has 0 bridgehead atoms. The van der Waals surface area contributed by atoms with Crippen LogP contribution >= 0.6 is 0 Å². The number of nitrogens with one attached hydrogen (secondary N) is 1. The molecule has 41 heavy (non-hydrogen) atoms. The Bertz CT molecular complexity index is 904. The number of unbranched alkanes of at least 4 members (excludes halogenated alkanes) is 12. The van der Waals surface area contributed by atoms with E-state index in [9.17, 15) is 33.6 Å². The first-order chi connectivity index (χ1) is 19.7. The molecule has 12 nitrogen and oxygen atoms in total. The van der Waals surface area contributed by atoms with Crippen molar-refractivity contribution >= 4 is 41.5 Å². The van der Waals surface area contributed by atoms with E-state index in [1.807, 2.05) is 0 Å². The minimum absolute atomic E-state index is 0.0613. The molecule has 0 radical (unpaired) electrons. The number of nitrogens with zero attached hydrogens (tertiary/aromatic N) is 2. The summed E-state index contributed by atoms with van der Waals surface area (Å²) in [7, 11) is 0. The number of amides is 5. The molecule has 2 aliphatic rings. The summed E-state index contributed by atoms with van der Waals surface area (Å²) in [6.07, 6.45) is 14.2. The quantitative estimate of drug-likeness (QED) is 0.157. The Morgan fingerprint density at radius 1 is 0.634 bits per heavy atom. The van der Waals surface area contributed by atoms with Gasteiger partial charge in [0.05, 0.1) is 6.42 Å². The Labute approximate surface area is 241 Å². The third kappa shape index (κ3) is 12.8. The largest absolute Gasteiger partial charge is 0.355 e. The van der Waals surface area contributed by atoms with Gasteiger partial charge in [0, 0.05) is 32.1 Å². The van der Waals surface area contributed by atoms with Gasteiger partial charge in [0.25, 0.3) is 23.6 Å². The van der Waals surface area contributed by atoms with Crippen molar-refractivity contribution in [3.05, 3.63) is 0 Å². The molecule has 2 rings (SSSR count). The average Bonchev–Trinajstić information content (AvgIpc) is 3.43. The van der Waals surface area contributed by atoms with Crippen LogP contribution in [0.4, 0.5) is 0 Å². The second-order valence-electron chi connectivity index (χ2n) is 10.7. The summed E-state index contributed by atoms with van der Waals surface area (Å²) < 4.78 is 0. The zero-order valence-electron chi connectivity index (χ0n) is 24.3. The molecule has 0 saturated carbocycles. The van der Waals surface area contributed by atoms with E-state index in [1.54, 1.807) is 0 Å². The van der Waals surface area contributed by atoms with Crippen molar-refractivity contribution in [2.45, 2.75) is 141 Å². The van der Waals surface area contributed by atoms with Gasteiger partial charge in [-0.05, 0) is 12.8 Å². The third-order valence-corrected chi connectivity index (χ3v) is 7.15. The minimum Gasteiger partial charge on any atom is -0.343 e. The van der Waals surface area contributed by atoms with Crippen molar-refractivity contribution in [3.8, 4) is 0 Å². The number of hydrogen-bond donors (Lipinski definition) is 1. The summed E-state index contributed by atoms with van der Waals surface area (Å²) in [5.74, 6) is -5.10. The van der Waals surface area contributed by atoms with Gasteiger partial charge < -0.3 is 15.0 Å². The fourth-order valence-electron chi connectivity index (χ4n) is 4.70. The number of hydrogen-bond acceptors (Lipinski definition) is 9. The fourth-order valence-corrected chi connectivity index (χ4v) is 4.70. The molecule has 0 aromatic rings. The monoisotopic (exact) mass is 579 g/mol. The highest BCUT2D eigenvalue weighted by Gasteiger charge is 2.36. The van der Waals surface area contributed by atoms with Crippen molar-refractivity contribution < 1.29 is 43.2 Å². The van der Waals surface area contributed by atoms with Gasteiger partial charge in [-0.2, -0.15) is 0 Å². The highest BCUT2D eigenvalue weighted by molar-refractivity contribution is 6.02. The van der Waals surface area contributed by atoms with E-state index in [-0.39, 0.29) is 38.5 Å². The van der Waals surface area contributed by atoms with Gasteiger partial charge >= 0.3 is 11.9 Å². The van der Waals surface area contributed by atoms with Crippen LogP contribution in [0.5, 0.6) is 0 Å². The van der Waals surface area contributed by atoms with Crippen LogP contribution in [0.1, 0.15) is 135 Å². The normalized spacial score (nSPS) is 15.9. The number of carbonyl (C=O) groups is 7. The third-order valence-electron chi connectivity index (χ3n) is 7.15. The van der Waals surface area contributed by atoms with Crippen LogP contribution in [0.15, 0.2) is 0 Å². The lowest BCUT2D eigenvalue weighted by Gasteiger charge is -2.20. The van der Waals surface area contributed by atoms with Gasteiger partial charge in [0.2, 0.25) is 5.91 Å². The van der Waals surface area contributed by atoms with Gasteiger partial charge in [0.1, 0.15) is 6.04 Å². The van der Waals surface area contributed by atoms with Gasteiger partial charge in [-0.3, -0.25) is 24.0 Å².